The molecule has 0 unspecified atom stereocenters. The van der Waals surface area contributed by atoms with Gasteiger partial charge in [-0.25, -0.2) is 12.8 Å². The Morgan fingerprint density at radius 1 is 0.927 bits per heavy atom. The van der Waals surface area contributed by atoms with Gasteiger partial charge in [0.2, 0.25) is 21.8 Å². The first-order valence-electron chi connectivity index (χ1n) is 13.4. The third-order valence-electron chi connectivity index (χ3n) is 6.31. The van der Waals surface area contributed by atoms with Crippen LogP contribution in [-0.2, 0) is 32.6 Å². The van der Waals surface area contributed by atoms with E-state index < -0.39 is 27.4 Å². The van der Waals surface area contributed by atoms with Crippen LogP contribution < -0.4 is 9.62 Å². The Labute approximate surface area is 247 Å². The molecule has 0 aromatic heterocycles. The van der Waals surface area contributed by atoms with E-state index in [1.807, 2.05) is 51.1 Å². The second-order valence-corrected chi connectivity index (χ2v) is 13.3. The number of halogens is 2. The Morgan fingerprint density at radius 3 is 2.12 bits per heavy atom. The lowest BCUT2D eigenvalue weighted by atomic mass is 10.00. The number of amides is 2. The molecule has 0 aliphatic heterocycles. The van der Waals surface area contributed by atoms with Crippen molar-refractivity contribution in [2.45, 2.75) is 58.2 Å². The summed E-state index contributed by atoms with van der Waals surface area (Å²) in [4.78, 5) is 29.0. The van der Waals surface area contributed by atoms with Crippen LogP contribution in [0.3, 0.4) is 0 Å². The first-order chi connectivity index (χ1) is 19.2. The van der Waals surface area contributed by atoms with E-state index in [4.69, 9.17) is 11.6 Å². The molecule has 7 nitrogen and oxygen atoms in total. The largest absolute Gasteiger partial charge is 0.350 e. The molecule has 10 heteroatoms. The van der Waals surface area contributed by atoms with Crippen LogP contribution in [0.1, 0.15) is 44.7 Å². The summed E-state index contributed by atoms with van der Waals surface area (Å²) >= 11 is 6.08. The molecular formula is C31H37ClFN3O4S. The molecule has 220 valence electrons. The predicted octanol–water partition coefficient (Wildman–Crippen LogP) is 5.58. The Bertz CT molecular complexity index is 1430. The molecule has 3 rings (SSSR count). The van der Waals surface area contributed by atoms with E-state index in [1.165, 1.54) is 23.1 Å². The molecular weight excluding hydrogens is 565 g/mol. The van der Waals surface area contributed by atoms with Crippen molar-refractivity contribution >= 4 is 39.1 Å². The molecule has 0 saturated heterocycles. The van der Waals surface area contributed by atoms with Crippen LogP contribution in [0.2, 0.25) is 5.02 Å². The van der Waals surface area contributed by atoms with Crippen molar-refractivity contribution in [2.75, 3.05) is 17.1 Å². The average Bonchev–Trinajstić information content (AvgIpc) is 2.89. The molecule has 0 heterocycles. The van der Waals surface area contributed by atoms with E-state index >= 15 is 0 Å². The molecule has 41 heavy (non-hydrogen) atoms. The number of anilines is 1. The summed E-state index contributed by atoms with van der Waals surface area (Å²) in [6, 6.07) is 21.3. The van der Waals surface area contributed by atoms with Gasteiger partial charge in [0.25, 0.3) is 0 Å². The number of benzene rings is 3. The molecule has 0 aliphatic rings. The summed E-state index contributed by atoms with van der Waals surface area (Å²) in [6.07, 6.45) is 1.35. The number of sulfonamides is 1. The minimum Gasteiger partial charge on any atom is -0.350 e. The van der Waals surface area contributed by atoms with Crippen LogP contribution >= 0.6 is 11.6 Å². The lowest BCUT2D eigenvalue weighted by Gasteiger charge is -2.34. The van der Waals surface area contributed by atoms with Gasteiger partial charge in [-0.15, -0.1) is 0 Å². The van der Waals surface area contributed by atoms with E-state index in [2.05, 4.69) is 5.32 Å². The SMILES string of the molecule is CC(C)(C)NC(=O)[C@H](Cc1ccccc1)N(Cc1ccc(Cl)cc1)C(=O)CCCN(c1ccccc1F)S(C)(=O)=O. The average molecular weight is 602 g/mol. The highest BCUT2D eigenvalue weighted by atomic mass is 35.5. The zero-order chi connectivity index (χ0) is 30.2. The van der Waals surface area contributed by atoms with Crippen LogP contribution in [0.15, 0.2) is 78.9 Å². The lowest BCUT2D eigenvalue weighted by molar-refractivity contribution is -0.142. The van der Waals surface area contributed by atoms with Crippen molar-refractivity contribution in [3.05, 3.63) is 101 Å². The van der Waals surface area contributed by atoms with E-state index in [9.17, 15) is 22.4 Å². The molecule has 1 N–H and O–H groups in total. The number of nitrogens with zero attached hydrogens (tertiary/aromatic N) is 2. The normalized spacial score (nSPS) is 12.4. The monoisotopic (exact) mass is 601 g/mol. The van der Waals surface area contributed by atoms with Crippen LogP contribution in [-0.4, -0.2) is 49.5 Å². The summed E-state index contributed by atoms with van der Waals surface area (Å²) in [5.41, 5.74) is 1.07. The van der Waals surface area contributed by atoms with Gasteiger partial charge in [0.1, 0.15) is 11.9 Å². The van der Waals surface area contributed by atoms with Gasteiger partial charge in [-0.1, -0.05) is 66.2 Å². The fourth-order valence-electron chi connectivity index (χ4n) is 4.43. The van der Waals surface area contributed by atoms with Gasteiger partial charge in [0, 0.05) is 36.5 Å². The highest BCUT2D eigenvalue weighted by Crippen LogP contribution is 2.23. The fourth-order valence-corrected chi connectivity index (χ4v) is 5.52. The molecule has 3 aromatic carbocycles. The molecule has 0 radical (unpaired) electrons. The topological polar surface area (TPSA) is 86.8 Å². The van der Waals surface area contributed by atoms with Crippen LogP contribution in [0.5, 0.6) is 0 Å². The Balaban J connectivity index is 1.90. The second kappa shape index (κ2) is 14.0. The Kier molecular flexibility index (Phi) is 10.9. The maximum atomic E-state index is 14.5. The fraction of sp³-hybridized carbons (Fsp3) is 0.355. The smallest absolute Gasteiger partial charge is 0.243 e. The highest BCUT2D eigenvalue weighted by molar-refractivity contribution is 7.92. The number of carbonyl (C=O) groups excluding carboxylic acids is 2. The van der Waals surface area contributed by atoms with E-state index in [0.717, 1.165) is 21.7 Å². The molecule has 0 fully saturated rings. The summed E-state index contributed by atoms with van der Waals surface area (Å²) < 4.78 is 40.4. The van der Waals surface area contributed by atoms with Crippen LogP contribution in [0, 0.1) is 5.82 Å². The first kappa shape index (κ1) is 32.1. The second-order valence-electron chi connectivity index (χ2n) is 11.0. The standard InChI is InChI=1S/C31H37ClFN3O4S/c1-31(2,3)34-30(38)28(21-23-11-6-5-7-12-23)35(22-24-16-18-25(32)19-17-24)29(37)15-10-20-36(41(4,39)40)27-14-9-8-13-26(27)33/h5-9,11-14,16-19,28H,10,15,20-22H2,1-4H3,(H,34,38)/t28-/m0/s1. The van der Waals surface area contributed by atoms with Gasteiger partial charge < -0.3 is 10.2 Å². The predicted molar refractivity (Wildman–Crippen MR) is 162 cm³/mol. The minimum atomic E-state index is -3.81. The van der Waals surface area contributed by atoms with E-state index in [1.54, 1.807) is 30.3 Å². The third kappa shape index (κ3) is 9.86. The van der Waals surface area contributed by atoms with Crippen molar-refractivity contribution in [2.24, 2.45) is 0 Å². The molecule has 0 spiro atoms. The molecule has 0 saturated carbocycles. The van der Waals surface area contributed by atoms with Crippen molar-refractivity contribution in [1.82, 2.24) is 10.2 Å². The van der Waals surface area contributed by atoms with Gasteiger partial charge in [0.05, 0.1) is 11.9 Å². The molecule has 3 aromatic rings. The summed E-state index contributed by atoms with van der Waals surface area (Å²) in [5, 5.41) is 3.56. The molecule has 0 bridgehead atoms. The maximum Gasteiger partial charge on any atom is 0.243 e. The van der Waals surface area contributed by atoms with Crippen LogP contribution in [0.25, 0.3) is 0 Å². The number of hydrogen-bond acceptors (Lipinski definition) is 4. The minimum absolute atomic E-state index is 0.0534. The number of carbonyl (C=O) groups is 2. The summed E-state index contributed by atoms with van der Waals surface area (Å²) in [5.74, 6) is -1.30. The van der Waals surface area contributed by atoms with Gasteiger partial charge in [0.15, 0.2) is 0 Å². The number of para-hydroxylation sites is 1. The number of rotatable bonds is 12. The van der Waals surface area contributed by atoms with E-state index in [-0.39, 0.29) is 49.9 Å². The van der Waals surface area contributed by atoms with Crippen molar-refractivity contribution in [3.63, 3.8) is 0 Å². The van der Waals surface area contributed by atoms with Gasteiger partial charge >= 0.3 is 0 Å². The molecule has 1 atom stereocenters. The molecule has 2 amide bonds. The zero-order valence-electron chi connectivity index (χ0n) is 23.8. The molecule has 0 aliphatic carbocycles. The lowest BCUT2D eigenvalue weighted by Crippen LogP contribution is -2.54. The van der Waals surface area contributed by atoms with Gasteiger partial charge in [-0.3, -0.25) is 13.9 Å². The quantitative estimate of drug-likeness (QED) is 0.294. The number of hydrogen-bond donors (Lipinski definition) is 1. The van der Waals surface area contributed by atoms with Gasteiger partial charge in [-0.2, -0.15) is 0 Å². The van der Waals surface area contributed by atoms with Crippen molar-refractivity contribution < 1.29 is 22.4 Å². The van der Waals surface area contributed by atoms with Gasteiger partial charge in [-0.05, 0) is 62.6 Å². The van der Waals surface area contributed by atoms with Crippen molar-refractivity contribution in [1.29, 1.82) is 0 Å². The Hall–Kier alpha value is -3.43. The van der Waals surface area contributed by atoms with Crippen molar-refractivity contribution in [3.8, 4) is 0 Å². The van der Waals surface area contributed by atoms with E-state index in [0.29, 0.717) is 5.02 Å². The summed E-state index contributed by atoms with van der Waals surface area (Å²) in [6.45, 7) is 5.67. The maximum absolute atomic E-state index is 14.5. The first-order valence-corrected chi connectivity index (χ1v) is 15.6. The highest BCUT2D eigenvalue weighted by Gasteiger charge is 2.32. The summed E-state index contributed by atoms with van der Waals surface area (Å²) in [7, 11) is -3.81. The zero-order valence-corrected chi connectivity index (χ0v) is 25.4. The third-order valence-corrected chi connectivity index (χ3v) is 7.74. The van der Waals surface area contributed by atoms with Crippen LogP contribution in [0.4, 0.5) is 10.1 Å². The Morgan fingerprint density at radius 2 is 1.54 bits per heavy atom. The number of nitrogens with one attached hydrogen (secondary N) is 1.